The number of nitrogens with zero attached hydrogens (tertiary/aromatic N) is 4. The van der Waals surface area contributed by atoms with Gasteiger partial charge >= 0.3 is 0 Å². The molecule has 0 aliphatic carbocycles. The maximum atomic E-state index is 6.38. The van der Waals surface area contributed by atoms with Crippen LogP contribution < -0.4 is 10.5 Å². The van der Waals surface area contributed by atoms with Crippen molar-refractivity contribution in [1.29, 1.82) is 0 Å². The number of fused-ring (bicyclic) bond motifs is 3. The van der Waals surface area contributed by atoms with E-state index in [0.29, 0.717) is 11.6 Å². The van der Waals surface area contributed by atoms with Gasteiger partial charge in [0.2, 0.25) is 0 Å². The number of aromatic amines is 1. The Bertz CT molecular complexity index is 1140. The fraction of sp³-hybridized carbons (Fsp3) is 0.286. The fourth-order valence-corrected chi connectivity index (χ4v) is 3.92. The Morgan fingerprint density at radius 2 is 2.07 bits per heavy atom. The number of pyridine rings is 3. The van der Waals surface area contributed by atoms with Crippen molar-refractivity contribution in [2.24, 2.45) is 0 Å². The smallest absolute Gasteiger partial charge is 0.171 e. The Labute approximate surface area is 162 Å². The third-order valence-electron chi connectivity index (χ3n) is 5.45. The lowest BCUT2D eigenvalue weighted by Crippen LogP contribution is -2.24. The Morgan fingerprint density at radius 1 is 1.21 bits per heavy atom. The Balaban J connectivity index is 1.63. The summed E-state index contributed by atoms with van der Waals surface area (Å²) in [6.07, 6.45) is 8.29. The van der Waals surface area contributed by atoms with Crippen LogP contribution in [0.15, 0.2) is 43.0 Å². The molecule has 4 aromatic rings. The van der Waals surface area contributed by atoms with Crippen LogP contribution in [-0.2, 0) is 0 Å². The number of anilines is 1. The summed E-state index contributed by atoms with van der Waals surface area (Å²) in [5.41, 5.74) is 10.0. The first-order valence-corrected chi connectivity index (χ1v) is 9.58. The standard InChI is InChI=1S/C21H22N6O/c1-2-27-8-5-15(12-27)28-19-18-16-9-14(13-3-6-23-7-4-13)10-25-21(16)26-17(18)11-24-20(19)22/h3-4,6-7,9-11,15H,2,5,8,12H2,1H3,(H2,22,24)(H,25,26)/t15-/m0/s1. The summed E-state index contributed by atoms with van der Waals surface area (Å²) in [6.45, 7) is 5.16. The molecule has 0 unspecified atom stereocenters. The second kappa shape index (κ2) is 6.76. The van der Waals surface area contributed by atoms with Gasteiger partial charge in [-0.2, -0.15) is 0 Å². The van der Waals surface area contributed by atoms with Crippen molar-refractivity contribution in [3.05, 3.63) is 43.0 Å². The number of aromatic nitrogens is 4. The highest BCUT2D eigenvalue weighted by Gasteiger charge is 2.25. The number of nitrogens with two attached hydrogens (primary N) is 1. The summed E-state index contributed by atoms with van der Waals surface area (Å²) in [7, 11) is 0. The normalized spacial score (nSPS) is 17.5. The molecule has 5 heterocycles. The molecule has 0 saturated carbocycles. The lowest BCUT2D eigenvalue weighted by atomic mass is 10.1. The van der Waals surface area contributed by atoms with Crippen molar-refractivity contribution in [3.8, 4) is 16.9 Å². The minimum atomic E-state index is 0.121. The van der Waals surface area contributed by atoms with Crippen molar-refractivity contribution >= 4 is 27.8 Å². The topological polar surface area (TPSA) is 93.0 Å². The quantitative estimate of drug-likeness (QED) is 0.570. The van der Waals surface area contributed by atoms with E-state index in [0.717, 1.165) is 59.1 Å². The molecule has 3 N–H and O–H groups in total. The fourth-order valence-electron chi connectivity index (χ4n) is 3.92. The van der Waals surface area contributed by atoms with Gasteiger partial charge in [0.15, 0.2) is 11.6 Å². The van der Waals surface area contributed by atoms with E-state index in [1.165, 1.54) is 0 Å². The van der Waals surface area contributed by atoms with Crippen LogP contribution in [0.3, 0.4) is 0 Å². The van der Waals surface area contributed by atoms with Crippen molar-refractivity contribution < 1.29 is 4.74 Å². The molecule has 0 radical (unpaired) electrons. The molecule has 7 nitrogen and oxygen atoms in total. The molecular weight excluding hydrogens is 352 g/mol. The van der Waals surface area contributed by atoms with Crippen LogP contribution >= 0.6 is 0 Å². The first kappa shape index (κ1) is 16.9. The molecule has 1 atom stereocenters. The van der Waals surface area contributed by atoms with Gasteiger partial charge in [-0.1, -0.05) is 6.92 Å². The van der Waals surface area contributed by atoms with Gasteiger partial charge in [-0.25, -0.2) is 9.97 Å². The van der Waals surface area contributed by atoms with Crippen LogP contribution in [-0.4, -0.2) is 50.6 Å². The van der Waals surface area contributed by atoms with E-state index >= 15 is 0 Å². The predicted molar refractivity (Wildman–Crippen MR) is 110 cm³/mol. The zero-order valence-electron chi connectivity index (χ0n) is 15.7. The average Bonchev–Trinajstić information content (AvgIpc) is 3.34. The van der Waals surface area contributed by atoms with Gasteiger partial charge in [0.25, 0.3) is 0 Å². The summed E-state index contributed by atoms with van der Waals surface area (Å²) in [5, 5.41) is 1.93. The molecule has 28 heavy (non-hydrogen) atoms. The Kier molecular flexibility index (Phi) is 4.09. The monoisotopic (exact) mass is 374 g/mol. The van der Waals surface area contributed by atoms with E-state index in [-0.39, 0.29) is 6.10 Å². The minimum absolute atomic E-state index is 0.121. The van der Waals surface area contributed by atoms with E-state index in [4.69, 9.17) is 10.5 Å². The van der Waals surface area contributed by atoms with E-state index in [2.05, 4.69) is 37.8 Å². The molecule has 0 amide bonds. The van der Waals surface area contributed by atoms with Gasteiger partial charge in [-0.05, 0) is 36.7 Å². The number of hydrogen-bond donors (Lipinski definition) is 2. The number of ether oxygens (including phenoxy) is 1. The highest BCUT2D eigenvalue weighted by Crippen LogP contribution is 2.38. The number of rotatable bonds is 4. The van der Waals surface area contributed by atoms with Gasteiger partial charge in [0, 0.05) is 42.6 Å². The predicted octanol–water partition coefficient (Wildman–Crippen LogP) is 3.23. The van der Waals surface area contributed by atoms with Crippen LogP contribution in [0.4, 0.5) is 5.82 Å². The van der Waals surface area contributed by atoms with Crippen molar-refractivity contribution in [1.82, 2.24) is 24.8 Å². The second-order valence-electron chi connectivity index (χ2n) is 7.16. The number of likely N-dealkylation sites (N-methyl/N-ethyl adjacent to an activating group) is 1. The summed E-state index contributed by atoms with van der Waals surface area (Å²) in [5.74, 6) is 1.07. The number of nitrogens with one attached hydrogen (secondary N) is 1. The maximum Gasteiger partial charge on any atom is 0.171 e. The third-order valence-corrected chi connectivity index (χ3v) is 5.45. The number of likely N-dealkylation sites (tertiary alicyclic amines) is 1. The lowest BCUT2D eigenvalue weighted by Gasteiger charge is -2.17. The molecule has 1 aliphatic rings. The first-order valence-electron chi connectivity index (χ1n) is 9.58. The van der Waals surface area contributed by atoms with Crippen LogP contribution in [0.5, 0.6) is 5.75 Å². The Hall–Kier alpha value is -3.19. The van der Waals surface area contributed by atoms with Crippen molar-refractivity contribution in [2.45, 2.75) is 19.4 Å². The molecule has 1 aliphatic heterocycles. The van der Waals surface area contributed by atoms with Crippen LogP contribution in [0.2, 0.25) is 0 Å². The molecule has 0 bridgehead atoms. The van der Waals surface area contributed by atoms with Crippen LogP contribution in [0.25, 0.3) is 33.1 Å². The van der Waals surface area contributed by atoms with E-state index in [9.17, 15) is 0 Å². The van der Waals surface area contributed by atoms with Crippen LogP contribution in [0.1, 0.15) is 13.3 Å². The zero-order valence-corrected chi connectivity index (χ0v) is 15.7. The molecule has 142 valence electrons. The highest BCUT2D eigenvalue weighted by atomic mass is 16.5. The number of nitrogen functional groups attached to an aromatic ring is 1. The Morgan fingerprint density at radius 3 is 2.86 bits per heavy atom. The van der Waals surface area contributed by atoms with Crippen molar-refractivity contribution in [3.63, 3.8) is 0 Å². The lowest BCUT2D eigenvalue weighted by molar-refractivity contribution is 0.205. The van der Waals surface area contributed by atoms with Gasteiger partial charge in [0.1, 0.15) is 11.8 Å². The molecule has 1 fully saturated rings. The summed E-state index contributed by atoms with van der Waals surface area (Å²) in [6, 6.07) is 6.07. The number of H-pyrrole nitrogens is 1. The highest BCUT2D eigenvalue weighted by molar-refractivity contribution is 6.11. The third kappa shape index (κ3) is 2.84. The summed E-state index contributed by atoms with van der Waals surface area (Å²) in [4.78, 5) is 18.8. The summed E-state index contributed by atoms with van der Waals surface area (Å²) < 4.78 is 6.38. The van der Waals surface area contributed by atoms with Gasteiger partial charge in [-0.3, -0.25) is 9.88 Å². The molecule has 1 saturated heterocycles. The van der Waals surface area contributed by atoms with Gasteiger partial charge < -0.3 is 15.5 Å². The maximum absolute atomic E-state index is 6.38. The molecule has 7 heteroatoms. The van der Waals surface area contributed by atoms with E-state index in [1.54, 1.807) is 18.6 Å². The largest absolute Gasteiger partial charge is 0.484 e. The SMILES string of the molecule is CCN1CC[C@H](Oc2c(N)ncc3[nH]c4ncc(-c5ccncc5)cc4c23)C1. The molecule has 5 rings (SSSR count). The number of hydrogen-bond acceptors (Lipinski definition) is 6. The minimum Gasteiger partial charge on any atom is -0.484 e. The summed E-state index contributed by atoms with van der Waals surface area (Å²) >= 11 is 0. The van der Waals surface area contributed by atoms with E-state index < -0.39 is 0 Å². The molecule has 0 aromatic carbocycles. The molecule has 4 aromatic heterocycles. The van der Waals surface area contributed by atoms with E-state index in [1.807, 2.05) is 18.3 Å². The van der Waals surface area contributed by atoms with Gasteiger partial charge in [-0.15, -0.1) is 0 Å². The average molecular weight is 374 g/mol. The zero-order chi connectivity index (χ0) is 19.1. The molecular formula is C21H22N6O. The van der Waals surface area contributed by atoms with Crippen molar-refractivity contribution in [2.75, 3.05) is 25.4 Å². The molecule has 0 spiro atoms. The second-order valence-corrected chi connectivity index (χ2v) is 7.16. The van der Waals surface area contributed by atoms with Crippen LogP contribution in [0, 0.1) is 0 Å². The van der Waals surface area contributed by atoms with Gasteiger partial charge in [0.05, 0.1) is 17.1 Å². The first-order chi connectivity index (χ1) is 13.7.